The molecule has 7 rings (SSSR count). The zero-order valence-corrected chi connectivity index (χ0v) is 34.7. The topological polar surface area (TPSA) is 179 Å². The van der Waals surface area contributed by atoms with E-state index in [1.165, 1.54) is 0 Å². The molecule has 0 saturated heterocycles. The summed E-state index contributed by atoms with van der Waals surface area (Å²) in [6.45, 7) is 3.85. The van der Waals surface area contributed by atoms with E-state index in [0.717, 1.165) is 49.8 Å². The average molecular weight is 834 g/mol. The summed E-state index contributed by atoms with van der Waals surface area (Å²) < 4.78 is 5.86. The number of carbonyl (C=O) groups excluding carboxylic acids is 4. The number of aliphatic carboxylic acids is 1. The Balaban J connectivity index is 1.09. The number of H-pyrrole nitrogens is 1. The van der Waals surface area contributed by atoms with Gasteiger partial charge in [-0.1, -0.05) is 141 Å². The number of carboxylic acids is 1. The molecule has 62 heavy (non-hydrogen) atoms. The molecule has 0 fully saturated rings. The number of alkyl carbamates (subject to hydrolysis) is 1. The molecule has 12 nitrogen and oxygen atoms in total. The van der Waals surface area contributed by atoms with Gasteiger partial charge in [0.05, 0.1) is 0 Å². The number of nitrogens with one attached hydrogen (secondary N) is 5. The number of hydrogen-bond donors (Lipinski definition) is 6. The Bertz CT molecular complexity index is 2480. The Kier molecular flexibility index (Phi) is 13.8. The van der Waals surface area contributed by atoms with Crippen LogP contribution in [-0.2, 0) is 43.2 Å². The van der Waals surface area contributed by atoms with E-state index in [9.17, 15) is 29.1 Å². The van der Waals surface area contributed by atoms with Crippen molar-refractivity contribution in [2.24, 2.45) is 5.92 Å². The summed E-state index contributed by atoms with van der Waals surface area (Å²) in [6.07, 6.45) is 1.37. The van der Waals surface area contributed by atoms with E-state index in [1.54, 1.807) is 42.6 Å². The van der Waals surface area contributed by atoms with Crippen molar-refractivity contribution in [2.75, 3.05) is 6.61 Å². The molecule has 6 N–H and O–H groups in total. The molecule has 0 aliphatic heterocycles. The van der Waals surface area contributed by atoms with E-state index < -0.39 is 54.0 Å². The first kappa shape index (κ1) is 42.9. The fourth-order valence-corrected chi connectivity index (χ4v) is 8.14. The molecule has 0 spiro atoms. The van der Waals surface area contributed by atoms with Crippen molar-refractivity contribution in [3.05, 3.63) is 167 Å². The molecule has 1 aliphatic rings. The number of aromatic nitrogens is 1. The SMILES string of the molecule is CC(C)C[C@H](NC(=O)[C@H](Cc1c[nH]c2ccccc12)NC(=O)OCC1c2ccccc2-c2ccccc21)C(=O)N[C@@H](Cc1ccccc1)C(=O)N[C@@H](Cc1ccccc1)C(=O)O. The Morgan fingerprint density at radius 3 is 1.66 bits per heavy atom. The predicted octanol–water partition coefficient (Wildman–Crippen LogP) is 6.69. The molecule has 0 bridgehead atoms. The van der Waals surface area contributed by atoms with Gasteiger partial charge >= 0.3 is 12.1 Å². The molecule has 4 atom stereocenters. The van der Waals surface area contributed by atoms with Crippen LogP contribution in [0.25, 0.3) is 22.0 Å². The van der Waals surface area contributed by atoms with Crippen LogP contribution in [0.3, 0.4) is 0 Å². The van der Waals surface area contributed by atoms with Crippen molar-refractivity contribution in [1.29, 1.82) is 0 Å². The minimum absolute atomic E-state index is 0.0362. The highest BCUT2D eigenvalue weighted by molar-refractivity contribution is 5.95. The number of rotatable bonds is 18. The largest absolute Gasteiger partial charge is 0.480 e. The quantitative estimate of drug-likeness (QED) is 0.0559. The van der Waals surface area contributed by atoms with Gasteiger partial charge in [-0.15, -0.1) is 0 Å². The van der Waals surface area contributed by atoms with Gasteiger partial charge < -0.3 is 36.1 Å². The van der Waals surface area contributed by atoms with Crippen molar-refractivity contribution in [3.63, 3.8) is 0 Å². The van der Waals surface area contributed by atoms with Crippen molar-refractivity contribution in [1.82, 2.24) is 26.3 Å². The number of benzene rings is 5. The second kappa shape index (κ2) is 19.9. The summed E-state index contributed by atoms with van der Waals surface area (Å²) in [5.41, 5.74) is 7.35. The van der Waals surface area contributed by atoms with Crippen LogP contribution in [0.15, 0.2) is 140 Å². The van der Waals surface area contributed by atoms with Crippen LogP contribution in [0.2, 0.25) is 0 Å². The first-order valence-corrected chi connectivity index (χ1v) is 20.9. The number of carboxylic acid groups (broad SMARTS) is 1. The lowest BCUT2D eigenvalue weighted by Crippen LogP contribution is -2.58. The minimum Gasteiger partial charge on any atom is -0.480 e. The van der Waals surface area contributed by atoms with Gasteiger partial charge in [-0.25, -0.2) is 9.59 Å². The number of para-hydroxylation sites is 1. The maximum absolute atomic E-state index is 14.4. The number of amides is 4. The summed E-state index contributed by atoms with van der Waals surface area (Å²) >= 11 is 0. The molecule has 4 amide bonds. The lowest BCUT2D eigenvalue weighted by atomic mass is 9.98. The monoisotopic (exact) mass is 833 g/mol. The van der Waals surface area contributed by atoms with E-state index in [1.807, 2.05) is 98.8 Å². The van der Waals surface area contributed by atoms with Crippen LogP contribution in [0.4, 0.5) is 4.79 Å². The highest BCUT2D eigenvalue weighted by atomic mass is 16.5. The molecule has 5 aromatic carbocycles. The molecule has 1 heterocycles. The highest BCUT2D eigenvalue weighted by Crippen LogP contribution is 2.44. The zero-order chi connectivity index (χ0) is 43.6. The minimum atomic E-state index is -1.26. The van der Waals surface area contributed by atoms with Gasteiger partial charge in [0.15, 0.2) is 0 Å². The fourth-order valence-electron chi connectivity index (χ4n) is 8.14. The first-order valence-electron chi connectivity index (χ1n) is 20.9. The molecular weight excluding hydrogens is 783 g/mol. The third kappa shape index (κ3) is 10.6. The van der Waals surface area contributed by atoms with Gasteiger partial charge in [-0.05, 0) is 57.3 Å². The Hall–Kier alpha value is -7.21. The van der Waals surface area contributed by atoms with Crippen LogP contribution in [0.1, 0.15) is 54.0 Å². The molecular formula is C50H51N5O7. The van der Waals surface area contributed by atoms with E-state index in [0.29, 0.717) is 0 Å². The van der Waals surface area contributed by atoms with Crippen molar-refractivity contribution >= 4 is 40.7 Å². The van der Waals surface area contributed by atoms with E-state index in [4.69, 9.17) is 4.74 Å². The standard InChI is InChI=1S/C50H51N5O7/c1-31(2)25-42(46(56)53-43(26-32-15-5-3-6-16-32)47(57)54-45(49(59)60)27-33-17-7-4-8-18-33)52-48(58)44(28-34-29-51-41-24-14-13-19-35(34)41)55-50(61)62-30-40-38-22-11-9-20-36(38)37-21-10-12-23-39(37)40/h3-24,29,31,40,42-45,51H,25-28,30H2,1-2H3,(H,52,58)(H,53,56)(H,54,57)(H,55,61)(H,59,60)/t42-,43-,44-,45-/m0/s1. The molecule has 6 aromatic rings. The van der Waals surface area contributed by atoms with Crippen LogP contribution >= 0.6 is 0 Å². The average Bonchev–Trinajstić information content (AvgIpc) is 3.83. The predicted molar refractivity (Wildman–Crippen MR) is 237 cm³/mol. The fraction of sp³-hybridized carbons (Fsp3) is 0.260. The number of hydrogen-bond acceptors (Lipinski definition) is 6. The number of ether oxygens (including phenoxy) is 1. The molecule has 0 radical (unpaired) electrons. The Morgan fingerprint density at radius 2 is 1.06 bits per heavy atom. The van der Waals surface area contributed by atoms with Crippen molar-refractivity contribution < 1.29 is 33.8 Å². The third-order valence-corrected chi connectivity index (χ3v) is 11.2. The molecule has 12 heteroatoms. The maximum atomic E-state index is 14.4. The van der Waals surface area contributed by atoms with Gasteiger partial charge in [0, 0.05) is 42.3 Å². The smallest absolute Gasteiger partial charge is 0.407 e. The van der Waals surface area contributed by atoms with Crippen LogP contribution in [-0.4, -0.2) is 70.6 Å². The highest BCUT2D eigenvalue weighted by Gasteiger charge is 2.34. The molecule has 0 saturated carbocycles. The van der Waals surface area contributed by atoms with Crippen LogP contribution in [0.5, 0.6) is 0 Å². The molecule has 1 aromatic heterocycles. The van der Waals surface area contributed by atoms with E-state index in [-0.39, 0.29) is 44.1 Å². The zero-order valence-electron chi connectivity index (χ0n) is 34.7. The first-order chi connectivity index (χ1) is 30.0. The lowest BCUT2D eigenvalue weighted by molar-refractivity contribution is -0.142. The van der Waals surface area contributed by atoms with Gasteiger partial charge in [0.1, 0.15) is 30.8 Å². The Morgan fingerprint density at radius 1 is 0.581 bits per heavy atom. The third-order valence-electron chi connectivity index (χ3n) is 11.2. The normalized spacial score (nSPS) is 13.9. The summed E-state index contributed by atoms with van der Waals surface area (Å²) in [6, 6.07) is 36.9. The van der Waals surface area contributed by atoms with Crippen LogP contribution in [0, 0.1) is 5.92 Å². The van der Waals surface area contributed by atoms with Crippen LogP contribution < -0.4 is 21.3 Å². The second-order valence-electron chi connectivity index (χ2n) is 16.1. The Labute approximate surface area is 360 Å². The molecule has 318 valence electrons. The van der Waals surface area contributed by atoms with Crippen molar-refractivity contribution in [3.8, 4) is 11.1 Å². The van der Waals surface area contributed by atoms with Gasteiger partial charge in [0.25, 0.3) is 0 Å². The molecule has 1 aliphatic carbocycles. The molecule has 0 unspecified atom stereocenters. The lowest BCUT2D eigenvalue weighted by Gasteiger charge is -2.27. The van der Waals surface area contributed by atoms with Gasteiger partial charge in [-0.2, -0.15) is 0 Å². The summed E-state index contributed by atoms with van der Waals surface area (Å²) in [5.74, 6) is -3.43. The number of carbonyl (C=O) groups is 5. The van der Waals surface area contributed by atoms with E-state index >= 15 is 0 Å². The van der Waals surface area contributed by atoms with E-state index in [2.05, 4.69) is 38.4 Å². The van der Waals surface area contributed by atoms with Crippen molar-refractivity contribution in [2.45, 2.75) is 69.6 Å². The number of aromatic amines is 1. The number of fused-ring (bicyclic) bond motifs is 4. The van der Waals surface area contributed by atoms with Gasteiger partial charge in [-0.3, -0.25) is 14.4 Å². The summed E-state index contributed by atoms with van der Waals surface area (Å²) in [5, 5.41) is 22.1. The summed E-state index contributed by atoms with van der Waals surface area (Å²) in [4.78, 5) is 71.9. The summed E-state index contributed by atoms with van der Waals surface area (Å²) in [7, 11) is 0. The maximum Gasteiger partial charge on any atom is 0.407 e. The second-order valence-corrected chi connectivity index (χ2v) is 16.1. The van der Waals surface area contributed by atoms with Gasteiger partial charge in [0.2, 0.25) is 17.7 Å².